The molecule has 4 heteroatoms. The van der Waals surface area contributed by atoms with E-state index < -0.39 is 0 Å². The fourth-order valence-electron chi connectivity index (χ4n) is 1.63. The zero-order valence-corrected chi connectivity index (χ0v) is 11.4. The second-order valence-corrected chi connectivity index (χ2v) is 4.82. The monoisotopic (exact) mass is 281 g/mol. The summed E-state index contributed by atoms with van der Waals surface area (Å²) in [5.74, 6) is 0.0366. The van der Waals surface area contributed by atoms with Crippen LogP contribution in [-0.4, -0.2) is 5.11 Å². The highest BCUT2D eigenvalue weighted by Gasteiger charge is 2.11. The molecule has 0 atom stereocenters. The molecule has 94 valence electrons. The smallest absolute Gasteiger partial charge is 0.157 e. The first-order valence-electron chi connectivity index (χ1n) is 5.55. The molecule has 0 aliphatic rings. The molecular weight excluding hydrogens is 269 g/mol. The van der Waals surface area contributed by atoms with Gasteiger partial charge in [-0.15, -0.1) is 0 Å². The van der Waals surface area contributed by atoms with Gasteiger partial charge >= 0.3 is 0 Å². The minimum absolute atomic E-state index is 0.0366. The van der Waals surface area contributed by atoms with Crippen LogP contribution in [0.25, 0.3) is 0 Å². The van der Waals surface area contributed by atoms with E-state index in [2.05, 4.69) is 5.32 Å². The van der Waals surface area contributed by atoms with Crippen molar-refractivity contribution in [2.45, 2.75) is 13.5 Å². The molecule has 2 N–H and O–H groups in total. The number of hydrogen-bond acceptors (Lipinski definition) is 2. The molecule has 0 fully saturated rings. The Morgan fingerprint density at radius 2 is 1.83 bits per heavy atom. The van der Waals surface area contributed by atoms with Crippen LogP contribution in [0.5, 0.6) is 5.75 Å². The highest BCUT2D eigenvalue weighted by Crippen LogP contribution is 2.38. The summed E-state index contributed by atoms with van der Waals surface area (Å²) in [6.07, 6.45) is 0. The summed E-state index contributed by atoms with van der Waals surface area (Å²) in [6.45, 7) is 2.37. The zero-order chi connectivity index (χ0) is 13.1. The molecule has 0 saturated carbocycles. The number of halogens is 2. The second-order valence-electron chi connectivity index (χ2n) is 4.03. The number of anilines is 1. The minimum atomic E-state index is 0.0366. The minimum Gasteiger partial charge on any atom is -0.504 e. The van der Waals surface area contributed by atoms with Crippen molar-refractivity contribution in [3.63, 3.8) is 0 Å². The average Bonchev–Trinajstić information content (AvgIpc) is 2.40. The van der Waals surface area contributed by atoms with E-state index in [9.17, 15) is 5.11 Å². The van der Waals surface area contributed by atoms with Gasteiger partial charge in [0.05, 0.1) is 10.7 Å². The fourth-order valence-corrected chi connectivity index (χ4v) is 2.09. The molecular formula is C14H13Cl2NO. The van der Waals surface area contributed by atoms with E-state index in [1.807, 2.05) is 30.3 Å². The van der Waals surface area contributed by atoms with Gasteiger partial charge in [0.2, 0.25) is 0 Å². The summed E-state index contributed by atoms with van der Waals surface area (Å²) in [5, 5.41) is 13.9. The molecule has 0 aromatic heterocycles. The van der Waals surface area contributed by atoms with Crippen molar-refractivity contribution in [2.24, 2.45) is 0 Å². The number of hydrogen-bond donors (Lipinski definition) is 2. The van der Waals surface area contributed by atoms with Gasteiger partial charge in [0.25, 0.3) is 0 Å². The van der Waals surface area contributed by atoms with Crippen LogP contribution in [0.2, 0.25) is 10.0 Å². The standard InChI is InChI=1S/C14H13Cl2NO/c1-9-11(15)7-12(14(18)13(9)16)17-8-10-5-3-2-4-6-10/h2-7,17-18H,8H2,1H3. The van der Waals surface area contributed by atoms with Crippen LogP contribution in [-0.2, 0) is 6.54 Å². The van der Waals surface area contributed by atoms with E-state index in [1.54, 1.807) is 13.0 Å². The van der Waals surface area contributed by atoms with Crippen LogP contribution in [0.4, 0.5) is 5.69 Å². The van der Waals surface area contributed by atoms with Crippen LogP contribution in [0.1, 0.15) is 11.1 Å². The van der Waals surface area contributed by atoms with Crippen molar-refractivity contribution < 1.29 is 5.11 Å². The quantitative estimate of drug-likeness (QED) is 0.805. The lowest BCUT2D eigenvalue weighted by Gasteiger charge is -2.12. The summed E-state index contributed by atoms with van der Waals surface area (Å²) in [7, 11) is 0. The molecule has 18 heavy (non-hydrogen) atoms. The third-order valence-corrected chi connectivity index (χ3v) is 3.60. The Labute approximate surface area is 116 Å². The Kier molecular flexibility index (Phi) is 4.00. The van der Waals surface area contributed by atoms with Gasteiger partial charge in [-0.3, -0.25) is 0 Å². The Hall–Kier alpha value is -1.38. The zero-order valence-electron chi connectivity index (χ0n) is 9.87. The first kappa shape index (κ1) is 13.1. The summed E-state index contributed by atoms with van der Waals surface area (Å²) in [6, 6.07) is 11.6. The predicted octanol–water partition coefficient (Wildman–Crippen LogP) is 4.62. The van der Waals surface area contributed by atoms with E-state index in [0.717, 1.165) is 5.56 Å². The van der Waals surface area contributed by atoms with Crippen LogP contribution in [0.15, 0.2) is 36.4 Å². The van der Waals surface area contributed by atoms with E-state index in [4.69, 9.17) is 23.2 Å². The largest absolute Gasteiger partial charge is 0.504 e. The molecule has 0 saturated heterocycles. The van der Waals surface area contributed by atoms with Crippen molar-refractivity contribution in [3.8, 4) is 5.75 Å². The highest BCUT2D eigenvalue weighted by atomic mass is 35.5. The van der Waals surface area contributed by atoms with Gasteiger partial charge in [-0.25, -0.2) is 0 Å². The number of phenolic OH excluding ortho intramolecular Hbond substituents is 1. The van der Waals surface area contributed by atoms with Crippen molar-refractivity contribution in [2.75, 3.05) is 5.32 Å². The van der Waals surface area contributed by atoms with Gasteiger partial charge in [-0.1, -0.05) is 53.5 Å². The van der Waals surface area contributed by atoms with Crippen LogP contribution in [0, 0.1) is 6.92 Å². The molecule has 2 nitrogen and oxygen atoms in total. The maximum Gasteiger partial charge on any atom is 0.157 e. The first-order chi connectivity index (χ1) is 8.59. The summed E-state index contributed by atoms with van der Waals surface area (Å²) < 4.78 is 0. The van der Waals surface area contributed by atoms with Crippen molar-refractivity contribution in [3.05, 3.63) is 57.6 Å². The molecule has 2 aromatic rings. The maximum atomic E-state index is 9.93. The number of rotatable bonds is 3. The van der Waals surface area contributed by atoms with Gasteiger partial charge < -0.3 is 10.4 Å². The summed E-state index contributed by atoms with van der Waals surface area (Å²) >= 11 is 12.0. The Bertz CT molecular complexity index is 555. The second kappa shape index (κ2) is 5.51. The predicted molar refractivity (Wildman–Crippen MR) is 76.6 cm³/mol. The third kappa shape index (κ3) is 2.71. The van der Waals surface area contributed by atoms with E-state index >= 15 is 0 Å². The molecule has 0 unspecified atom stereocenters. The number of nitrogens with one attached hydrogen (secondary N) is 1. The molecule has 0 aliphatic heterocycles. The molecule has 0 radical (unpaired) electrons. The maximum absolute atomic E-state index is 9.93. The molecule has 0 amide bonds. The van der Waals surface area contributed by atoms with E-state index in [1.165, 1.54) is 0 Å². The SMILES string of the molecule is Cc1c(Cl)cc(NCc2ccccc2)c(O)c1Cl. The summed E-state index contributed by atoms with van der Waals surface area (Å²) in [4.78, 5) is 0. The van der Waals surface area contributed by atoms with Crippen LogP contribution < -0.4 is 5.32 Å². The van der Waals surface area contributed by atoms with Crippen molar-refractivity contribution in [1.82, 2.24) is 0 Å². The normalized spacial score (nSPS) is 10.4. The van der Waals surface area contributed by atoms with Crippen molar-refractivity contribution >= 4 is 28.9 Å². The van der Waals surface area contributed by atoms with Gasteiger partial charge in [0.1, 0.15) is 0 Å². The first-order valence-corrected chi connectivity index (χ1v) is 6.30. The Balaban J connectivity index is 2.20. The number of phenols is 1. The molecule has 0 bridgehead atoms. The van der Waals surface area contributed by atoms with Gasteiger partial charge in [-0.05, 0) is 24.1 Å². The van der Waals surface area contributed by atoms with Crippen molar-refractivity contribution in [1.29, 1.82) is 0 Å². The average molecular weight is 282 g/mol. The molecule has 0 aliphatic carbocycles. The fraction of sp³-hybridized carbons (Fsp3) is 0.143. The third-order valence-electron chi connectivity index (χ3n) is 2.75. The number of benzene rings is 2. The van der Waals surface area contributed by atoms with Crippen LogP contribution >= 0.6 is 23.2 Å². The van der Waals surface area contributed by atoms with Gasteiger partial charge in [-0.2, -0.15) is 0 Å². The lowest BCUT2D eigenvalue weighted by Crippen LogP contribution is -2.00. The Morgan fingerprint density at radius 1 is 1.17 bits per heavy atom. The van der Waals surface area contributed by atoms with Crippen LogP contribution in [0.3, 0.4) is 0 Å². The summed E-state index contributed by atoms with van der Waals surface area (Å²) in [5.41, 5.74) is 2.34. The number of aromatic hydroxyl groups is 1. The van der Waals surface area contributed by atoms with E-state index in [-0.39, 0.29) is 10.8 Å². The molecule has 0 heterocycles. The lowest BCUT2D eigenvalue weighted by molar-refractivity contribution is 0.477. The van der Waals surface area contributed by atoms with Gasteiger partial charge in [0.15, 0.2) is 5.75 Å². The topological polar surface area (TPSA) is 32.3 Å². The Morgan fingerprint density at radius 3 is 2.50 bits per heavy atom. The molecule has 2 rings (SSSR count). The highest BCUT2D eigenvalue weighted by molar-refractivity contribution is 6.37. The molecule has 0 spiro atoms. The van der Waals surface area contributed by atoms with E-state index in [0.29, 0.717) is 22.8 Å². The lowest BCUT2D eigenvalue weighted by atomic mass is 10.2. The van der Waals surface area contributed by atoms with Gasteiger partial charge in [0, 0.05) is 11.6 Å². The molecule has 2 aromatic carbocycles.